The number of pyridine rings is 1. The standard InChI is InChI=1S/C24H34FN7.HI/c1-26-24(32-19-17-31(18-20-32)23-9-4-5-10-27-23)28-11-6-12-29-13-15-30(16-14-29)22-8-3-2-7-21(22)25;/h2-5,7-10H,6,11-20H2,1H3,(H,26,28);1H. The van der Waals surface area contributed by atoms with Crippen molar-refractivity contribution >= 4 is 41.4 Å². The van der Waals surface area contributed by atoms with Crippen molar-refractivity contribution in [2.75, 3.05) is 82.3 Å². The van der Waals surface area contributed by atoms with Crippen LogP contribution in [0.1, 0.15) is 6.42 Å². The Kier molecular flexibility index (Phi) is 9.98. The fraction of sp³-hybridized carbons (Fsp3) is 0.500. The van der Waals surface area contributed by atoms with Gasteiger partial charge >= 0.3 is 0 Å². The van der Waals surface area contributed by atoms with Gasteiger partial charge in [-0.3, -0.25) is 9.89 Å². The van der Waals surface area contributed by atoms with Crippen LogP contribution in [-0.2, 0) is 0 Å². The number of guanidine groups is 1. The van der Waals surface area contributed by atoms with Gasteiger partial charge in [0.15, 0.2) is 5.96 Å². The first-order chi connectivity index (χ1) is 15.7. The second-order valence-electron chi connectivity index (χ2n) is 8.27. The average Bonchev–Trinajstić information content (AvgIpc) is 2.86. The van der Waals surface area contributed by atoms with E-state index in [2.05, 4.69) is 41.0 Å². The highest BCUT2D eigenvalue weighted by atomic mass is 127. The molecule has 3 heterocycles. The van der Waals surface area contributed by atoms with E-state index in [1.165, 1.54) is 0 Å². The maximum absolute atomic E-state index is 14.0. The molecule has 0 bridgehead atoms. The SMILES string of the molecule is CN=C(NCCCN1CCN(c2ccccc2F)CC1)N1CCN(c2ccccn2)CC1.I. The summed E-state index contributed by atoms with van der Waals surface area (Å²) in [5.41, 5.74) is 0.723. The molecule has 2 aliphatic heterocycles. The Morgan fingerprint density at radius 1 is 0.939 bits per heavy atom. The summed E-state index contributed by atoms with van der Waals surface area (Å²) >= 11 is 0. The van der Waals surface area contributed by atoms with Gasteiger partial charge in [-0.2, -0.15) is 0 Å². The number of nitrogens with one attached hydrogen (secondary N) is 1. The van der Waals surface area contributed by atoms with E-state index in [1.807, 2.05) is 37.5 Å². The molecule has 2 fully saturated rings. The second kappa shape index (κ2) is 12.9. The molecule has 1 aromatic heterocycles. The zero-order chi connectivity index (χ0) is 22.2. The van der Waals surface area contributed by atoms with Crippen molar-refractivity contribution in [1.29, 1.82) is 0 Å². The topological polar surface area (TPSA) is 50.2 Å². The van der Waals surface area contributed by atoms with Crippen LogP contribution in [0.4, 0.5) is 15.9 Å². The minimum absolute atomic E-state index is 0. The highest BCUT2D eigenvalue weighted by molar-refractivity contribution is 14.0. The third kappa shape index (κ3) is 6.92. The first-order valence-corrected chi connectivity index (χ1v) is 11.6. The molecule has 1 aromatic carbocycles. The molecule has 33 heavy (non-hydrogen) atoms. The molecule has 1 N–H and O–H groups in total. The zero-order valence-electron chi connectivity index (χ0n) is 19.4. The lowest BCUT2D eigenvalue weighted by atomic mass is 10.2. The molecule has 0 atom stereocenters. The van der Waals surface area contributed by atoms with Crippen molar-refractivity contribution in [2.24, 2.45) is 4.99 Å². The molecule has 0 amide bonds. The molecule has 0 unspecified atom stereocenters. The van der Waals surface area contributed by atoms with Crippen LogP contribution in [0.5, 0.6) is 0 Å². The predicted molar refractivity (Wildman–Crippen MR) is 144 cm³/mol. The Labute approximate surface area is 213 Å². The maximum atomic E-state index is 14.0. The van der Waals surface area contributed by atoms with Gasteiger partial charge in [-0.1, -0.05) is 18.2 Å². The van der Waals surface area contributed by atoms with Crippen LogP contribution < -0.4 is 15.1 Å². The molecule has 0 radical (unpaired) electrons. The lowest BCUT2D eigenvalue weighted by Crippen LogP contribution is -2.53. The number of aliphatic imine (C=N–C) groups is 1. The molecule has 7 nitrogen and oxygen atoms in total. The number of hydrogen-bond acceptors (Lipinski definition) is 5. The fourth-order valence-corrected chi connectivity index (χ4v) is 4.44. The molecule has 2 saturated heterocycles. The van der Waals surface area contributed by atoms with Gasteiger partial charge in [0.05, 0.1) is 5.69 Å². The Balaban J connectivity index is 0.00000306. The lowest BCUT2D eigenvalue weighted by Gasteiger charge is -2.37. The van der Waals surface area contributed by atoms with E-state index in [1.54, 1.807) is 12.1 Å². The van der Waals surface area contributed by atoms with Gasteiger partial charge in [-0.25, -0.2) is 9.37 Å². The van der Waals surface area contributed by atoms with Crippen LogP contribution >= 0.6 is 24.0 Å². The van der Waals surface area contributed by atoms with Crippen LogP contribution in [0.3, 0.4) is 0 Å². The highest BCUT2D eigenvalue weighted by Gasteiger charge is 2.21. The summed E-state index contributed by atoms with van der Waals surface area (Å²) in [6.45, 7) is 9.41. The first kappa shape index (κ1) is 25.5. The van der Waals surface area contributed by atoms with E-state index in [0.717, 1.165) is 89.3 Å². The third-order valence-electron chi connectivity index (χ3n) is 6.26. The van der Waals surface area contributed by atoms with Gasteiger partial charge < -0.3 is 20.0 Å². The van der Waals surface area contributed by atoms with Gasteiger partial charge in [-0.05, 0) is 37.2 Å². The lowest BCUT2D eigenvalue weighted by molar-refractivity contribution is 0.254. The molecular weight excluding hydrogens is 532 g/mol. The first-order valence-electron chi connectivity index (χ1n) is 11.6. The van der Waals surface area contributed by atoms with E-state index in [-0.39, 0.29) is 29.8 Å². The second-order valence-corrected chi connectivity index (χ2v) is 8.27. The summed E-state index contributed by atoms with van der Waals surface area (Å²) < 4.78 is 14.0. The summed E-state index contributed by atoms with van der Waals surface area (Å²) in [6.07, 6.45) is 2.91. The molecule has 0 saturated carbocycles. The molecule has 180 valence electrons. The molecule has 9 heteroatoms. The summed E-state index contributed by atoms with van der Waals surface area (Å²) in [5.74, 6) is 1.90. The number of benzene rings is 1. The van der Waals surface area contributed by atoms with Crippen molar-refractivity contribution in [2.45, 2.75) is 6.42 Å². The van der Waals surface area contributed by atoms with E-state index in [9.17, 15) is 4.39 Å². The van der Waals surface area contributed by atoms with E-state index in [4.69, 9.17) is 0 Å². The van der Waals surface area contributed by atoms with Gasteiger partial charge in [0.25, 0.3) is 0 Å². The Morgan fingerprint density at radius 2 is 1.64 bits per heavy atom. The van der Waals surface area contributed by atoms with Gasteiger partial charge in [-0.15, -0.1) is 24.0 Å². The van der Waals surface area contributed by atoms with Crippen molar-refractivity contribution < 1.29 is 4.39 Å². The zero-order valence-corrected chi connectivity index (χ0v) is 21.7. The van der Waals surface area contributed by atoms with E-state index >= 15 is 0 Å². The predicted octanol–water partition coefficient (Wildman–Crippen LogP) is 2.75. The van der Waals surface area contributed by atoms with Crippen LogP contribution in [0.2, 0.25) is 0 Å². The number of hydrogen-bond donors (Lipinski definition) is 1. The minimum atomic E-state index is -0.127. The Bertz CT molecular complexity index is 866. The summed E-state index contributed by atoms with van der Waals surface area (Å²) in [5, 5.41) is 3.53. The summed E-state index contributed by atoms with van der Waals surface area (Å²) in [7, 11) is 1.86. The van der Waals surface area contributed by atoms with Crippen LogP contribution in [0.25, 0.3) is 0 Å². The van der Waals surface area contributed by atoms with Gasteiger partial charge in [0.1, 0.15) is 11.6 Å². The molecule has 0 spiro atoms. The number of nitrogens with zero attached hydrogens (tertiary/aromatic N) is 6. The third-order valence-corrected chi connectivity index (χ3v) is 6.26. The smallest absolute Gasteiger partial charge is 0.193 e. The molecule has 0 aliphatic carbocycles. The number of para-hydroxylation sites is 1. The average molecular weight is 567 g/mol. The highest BCUT2D eigenvalue weighted by Crippen LogP contribution is 2.20. The molecule has 4 rings (SSSR count). The van der Waals surface area contributed by atoms with Crippen LogP contribution in [0, 0.1) is 5.82 Å². The monoisotopic (exact) mass is 567 g/mol. The van der Waals surface area contributed by atoms with Crippen molar-refractivity contribution in [3.05, 3.63) is 54.5 Å². The number of aromatic nitrogens is 1. The fourth-order valence-electron chi connectivity index (χ4n) is 4.44. The van der Waals surface area contributed by atoms with Crippen molar-refractivity contribution in [3.8, 4) is 0 Å². The molecule has 2 aliphatic rings. The number of piperazine rings is 2. The van der Waals surface area contributed by atoms with E-state index in [0.29, 0.717) is 0 Å². The maximum Gasteiger partial charge on any atom is 0.193 e. The normalized spacial score (nSPS) is 17.6. The van der Waals surface area contributed by atoms with Gasteiger partial charge in [0, 0.05) is 72.1 Å². The molecular formula is C24H35FIN7. The minimum Gasteiger partial charge on any atom is -0.367 e. The summed E-state index contributed by atoms with van der Waals surface area (Å²) in [4.78, 5) is 18.2. The number of anilines is 2. The molecule has 2 aromatic rings. The van der Waals surface area contributed by atoms with Crippen molar-refractivity contribution in [1.82, 2.24) is 20.1 Å². The van der Waals surface area contributed by atoms with Gasteiger partial charge in [0.2, 0.25) is 0 Å². The number of rotatable bonds is 6. The Hall–Kier alpha value is -2.14. The summed E-state index contributed by atoms with van der Waals surface area (Å²) in [6, 6.07) is 13.1. The van der Waals surface area contributed by atoms with Crippen LogP contribution in [0.15, 0.2) is 53.7 Å². The quantitative estimate of drug-likeness (QED) is 0.251. The van der Waals surface area contributed by atoms with E-state index < -0.39 is 0 Å². The Morgan fingerprint density at radius 3 is 2.30 bits per heavy atom. The largest absolute Gasteiger partial charge is 0.367 e. The van der Waals surface area contributed by atoms with Crippen LogP contribution in [-0.4, -0.2) is 93.2 Å². The number of halogens is 2. The van der Waals surface area contributed by atoms with Crippen molar-refractivity contribution in [3.63, 3.8) is 0 Å².